The second kappa shape index (κ2) is 7.29. The van der Waals surface area contributed by atoms with Gasteiger partial charge in [0.2, 0.25) is 0 Å². The molecular weight excluding hydrogens is 362 g/mol. The van der Waals surface area contributed by atoms with Gasteiger partial charge in [0, 0.05) is 16.8 Å². The Bertz CT molecular complexity index is 994. The molecule has 2 heterocycles. The summed E-state index contributed by atoms with van der Waals surface area (Å²) in [6.07, 6.45) is 3.51. The Hall–Kier alpha value is -3.05. The molecule has 27 heavy (non-hydrogen) atoms. The molecule has 1 aliphatic heterocycles. The van der Waals surface area contributed by atoms with Crippen LogP contribution in [-0.2, 0) is 9.53 Å². The third-order valence-electron chi connectivity index (χ3n) is 4.48. The van der Waals surface area contributed by atoms with Gasteiger partial charge in [-0.3, -0.25) is 0 Å². The minimum atomic E-state index is -0.359. The van der Waals surface area contributed by atoms with Crippen LogP contribution in [-0.4, -0.2) is 22.4 Å². The summed E-state index contributed by atoms with van der Waals surface area (Å²) < 4.78 is 7.07. The molecule has 0 radical (unpaired) electrons. The van der Waals surface area contributed by atoms with Gasteiger partial charge in [0.25, 0.3) is 0 Å². The Morgan fingerprint density at radius 1 is 1.19 bits per heavy atom. The first-order valence-electron chi connectivity index (χ1n) is 8.71. The molecule has 0 saturated carbocycles. The van der Waals surface area contributed by atoms with Crippen molar-refractivity contribution >= 4 is 23.4 Å². The second-order valence-corrected chi connectivity index (χ2v) is 6.57. The van der Waals surface area contributed by atoms with E-state index in [1.807, 2.05) is 59.3 Å². The van der Waals surface area contributed by atoms with Crippen molar-refractivity contribution < 1.29 is 9.53 Å². The van der Waals surface area contributed by atoms with E-state index in [-0.39, 0.29) is 12.0 Å². The number of rotatable bonds is 4. The van der Waals surface area contributed by atoms with Crippen molar-refractivity contribution in [3.05, 3.63) is 83.2 Å². The smallest absolute Gasteiger partial charge is 0.338 e. The van der Waals surface area contributed by atoms with Gasteiger partial charge in [-0.1, -0.05) is 54.1 Å². The van der Waals surface area contributed by atoms with Crippen LogP contribution in [0.1, 0.15) is 18.5 Å². The number of carbonyl (C=O) groups is 1. The zero-order chi connectivity index (χ0) is 18.8. The molecule has 0 fully saturated rings. The van der Waals surface area contributed by atoms with Crippen molar-refractivity contribution in [2.24, 2.45) is 0 Å². The first-order valence-corrected chi connectivity index (χ1v) is 9.09. The summed E-state index contributed by atoms with van der Waals surface area (Å²) in [5.74, 6) is 0.465. The topological polar surface area (TPSA) is 56.1 Å². The van der Waals surface area contributed by atoms with Gasteiger partial charge in [-0.15, -0.1) is 0 Å². The van der Waals surface area contributed by atoms with E-state index in [1.54, 1.807) is 19.3 Å². The van der Waals surface area contributed by atoms with Gasteiger partial charge >= 0.3 is 5.97 Å². The number of aromatic nitrogens is 2. The molecule has 2 aromatic carbocycles. The molecule has 136 valence electrons. The number of halogens is 1. The number of benzene rings is 2. The standard InChI is InChI=1S/C21H18ClN3O2/c1-2-27-21(26)18-12-23-20-17(14-8-10-16(22)11-9-14)13-24-25(20)19(18)15-6-4-3-5-7-15/h3-13,19,23H,2H2,1H3/t19-/m1/s1. The SMILES string of the molecule is CCOC(=O)C1=CNc2c(-c3ccc(Cl)cc3)cnn2[C@@H]1c1ccccc1. The summed E-state index contributed by atoms with van der Waals surface area (Å²) in [5, 5.41) is 8.48. The lowest BCUT2D eigenvalue weighted by Gasteiger charge is -2.27. The molecule has 0 unspecified atom stereocenters. The van der Waals surface area contributed by atoms with Crippen molar-refractivity contribution in [1.82, 2.24) is 9.78 Å². The average molecular weight is 380 g/mol. The van der Waals surface area contributed by atoms with Crippen LogP contribution in [0.2, 0.25) is 5.02 Å². The molecule has 0 aliphatic carbocycles. The zero-order valence-electron chi connectivity index (χ0n) is 14.7. The molecule has 1 atom stereocenters. The predicted octanol–water partition coefficient (Wildman–Crippen LogP) is 4.67. The fraction of sp³-hybridized carbons (Fsp3) is 0.143. The molecule has 1 N–H and O–H groups in total. The Labute approximate surface area is 162 Å². The van der Waals surface area contributed by atoms with Gasteiger partial charge in [0.05, 0.1) is 18.4 Å². The van der Waals surface area contributed by atoms with E-state index in [0.717, 1.165) is 22.5 Å². The number of esters is 1. The molecule has 4 rings (SSSR count). The van der Waals surface area contributed by atoms with Gasteiger partial charge in [-0.05, 0) is 30.2 Å². The van der Waals surface area contributed by atoms with Crippen LogP contribution in [0, 0.1) is 0 Å². The number of hydrogen-bond acceptors (Lipinski definition) is 4. The molecule has 3 aromatic rings. The molecule has 6 heteroatoms. The van der Waals surface area contributed by atoms with Gasteiger partial charge in [-0.2, -0.15) is 5.10 Å². The third-order valence-corrected chi connectivity index (χ3v) is 4.73. The lowest BCUT2D eigenvalue weighted by molar-refractivity contribution is -0.139. The molecule has 1 aliphatic rings. The quantitative estimate of drug-likeness (QED) is 0.669. The Morgan fingerprint density at radius 3 is 2.63 bits per heavy atom. The van der Waals surface area contributed by atoms with E-state index < -0.39 is 0 Å². The van der Waals surface area contributed by atoms with Crippen LogP contribution in [0.5, 0.6) is 0 Å². The molecule has 0 amide bonds. The predicted molar refractivity (Wildman–Crippen MR) is 106 cm³/mol. The van der Waals surface area contributed by atoms with Crippen LogP contribution < -0.4 is 5.32 Å². The number of nitrogens with zero attached hydrogens (tertiary/aromatic N) is 2. The maximum absolute atomic E-state index is 12.5. The number of fused-ring (bicyclic) bond motifs is 1. The van der Waals surface area contributed by atoms with Gasteiger partial charge < -0.3 is 10.1 Å². The number of ether oxygens (including phenoxy) is 1. The second-order valence-electron chi connectivity index (χ2n) is 6.14. The maximum Gasteiger partial charge on any atom is 0.338 e. The Morgan fingerprint density at radius 2 is 1.93 bits per heavy atom. The lowest BCUT2D eigenvalue weighted by atomic mass is 9.97. The number of nitrogens with one attached hydrogen (secondary N) is 1. The Kier molecular flexibility index (Phi) is 4.69. The fourth-order valence-corrected chi connectivity index (χ4v) is 3.37. The highest BCUT2D eigenvalue weighted by molar-refractivity contribution is 6.30. The molecule has 1 aromatic heterocycles. The van der Waals surface area contributed by atoms with E-state index in [0.29, 0.717) is 17.2 Å². The monoisotopic (exact) mass is 379 g/mol. The number of carbonyl (C=O) groups excluding carboxylic acids is 1. The summed E-state index contributed by atoms with van der Waals surface area (Å²) in [5.41, 5.74) is 3.41. The summed E-state index contributed by atoms with van der Waals surface area (Å²) in [7, 11) is 0. The highest BCUT2D eigenvalue weighted by Gasteiger charge is 2.32. The van der Waals surface area contributed by atoms with Crippen molar-refractivity contribution in [3.63, 3.8) is 0 Å². The Balaban J connectivity index is 1.82. The van der Waals surface area contributed by atoms with E-state index >= 15 is 0 Å². The van der Waals surface area contributed by atoms with Crippen molar-refractivity contribution in [2.75, 3.05) is 11.9 Å². The number of hydrogen-bond donors (Lipinski definition) is 1. The van der Waals surface area contributed by atoms with Crippen molar-refractivity contribution in [1.29, 1.82) is 0 Å². The van der Waals surface area contributed by atoms with E-state index in [9.17, 15) is 4.79 Å². The van der Waals surface area contributed by atoms with Crippen LogP contribution in [0.4, 0.5) is 5.82 Å². The first-order chi connectivity index (χ1) is 13.2. The molecule has 0 saturated heterocycles. The fourth-order valence-electron chi connectivity index (χ4n) is 3.24. The third kappa shape index (κ3) is 3.22. The zero-order valence-corrected chi connectivity index (χ0v) is 15.5. The molecule has 0 spiro atoms. The highest BCUT2D eigenvalue weighted by Crippen LogP contribution is 2.38. The van der Waals surface area contributed by atoms with Gasteiger partial charge in [0.15, 0.2) is 0 Å². The average Bonchev–Trinajstić information content (AvgIpc) is 3.13. The molecule has 5 nitrogen and oxygen atoms in total. The first kappa shape index (κ1) is 17.4. The van der Waals surface area contributed by atoms with Crippen LogP contribution >= 0.6 is 11.6 Å². The minimum absolute atomic E-state index is 0.319. The lowest BCUT2D eigenvalue weighted by Crippen LogP contribution is -2.27. The van der Waals surface area contributed by atoms with Gasteiger partial charge in [0.1, 0.15) is 11.9 Å². The van der Waals surface area contributed by atoms with Crippen molar-refractivity contribution in [2.45, 2.75) is 13.0 Å². The van der Waals surface area contributed by atoms with Crippen molar-refractivity contribution in [3.8, 4) is 11.1 Å². The van der Waals surface area contributed by atoms with Gasteiger partial charge in [-0.25, -0.2) is 9.48 Å². The largest absolute Gasteiger partial charge is 0.463 e. The highest BCUT2D eigenvalue weighted by atomic mass is 35.5. The summed E-state index contributed by atoms with van der Waals surface area (Å²) in [4.78, 5) is 12.5. The maximum atomic E-state index is 12.5. The summed E-state index contributed by atoms with van der Waals surface area (Å²) in [6, 6.07) is 17.0. The van der Waals surface area contributed by atoms with Crippen LogP contribution in [0.15, 0.2) is 72.6 Å². The normalized spacial score (nSPS) is 15.5. The minimum Gasteiger partial charge on any atom is -0.463 e. The molecule has 0 bridgehead atoms. The van der Waals surface area contributed by atoms with Crippen LogP contribution in [0.3, 0.4) is 0 Å². The number of anilines is 1. The summed E-state index contributed by atoms with van der Waals surface area (Å²) >= 11 is 6.01. The van der Waals surface area contributed by atoms with E-state index in [1.165, 1.54) is 0 Å². The summed E-state index contributed by atoms with van der Waals surface area (Å²) in [6.45, 7) is 2.11. The van der Waals surface area contributed by atoms with E-state index in [4.69, 9.17) is 16.3 Å². The van der Waals surface area contributed by atoms with Crippen LogP contribution in [0.25, 0.3) is 11.1 Å². The molecular formula is C21H18ClN3O2. The van der Waals surface area contributed by atoms with E-state index in [2.05, 4.69) is 10.4 Å².